The van der Waals surface area contributed by atoms with E-state index in [2.05, 4.69) is 16.7 Å². The molecule has 0 aromatic rings. The average Bonchev–Trinajstić information content (AvgIpc) is 2.32. The van der Waals surface area contributed by atoms with Crippen molar-refractivity contribution in [3.8, 4) is 0 Å². The van der Waals surface area contributed by atoms with Gasteiger partial charge in [0, 0.05) is 38.2 Å². The number of rotatable bonds is 4. The van der Waals surface area contributed by atoms with Crippen LogP contribution in [0.2, 0.25) is 0 Å². The van der Waals surface area contributed by atoms with Gasteiger partial charge in [-0.2, -0.15) is 0 Å². The van der Waals surface area contributed by atoms with E-state index in [9.17, 15) is 4.79 Å². The summed E-state index contributed by atoms with van der Waals surface area (Å²) in [5.74, 6) is 0.680. The first-order chi connectivity index (χ1) is 8.24. The van der Waals surface area contributed by atoms with Crippen LogP contribution in [0.5, 0.6) is 0 Å². The molecule has 1 N–H and O–H groups in total. The lowest BCUT2D eigenvalue weighted by Gasteiger charge is -2.41. The minimum Gasteiger partial charge on any atom is -0.396 e. The Morgan fingerprint density at radius 3 is 2.76 bits per heavy atom. The number of nitrogens with zero attached hydrogens (tertiary/aromatic N) is 2. The third-order valence-corrected chi connectivity index (χ3v) is 4.07. The summed E-state index contributed by atoms with van der Waals surface area (Å²) in [7, 11) is 0. The molecule has 1 amide bonds. The number of likely N-dealkylation sites (tertiary alicyclic amines) is 2. The predicted molar refractivity (Wildman–Crippen MR) is 66.7 cm³/mol. The lowest BCUT2D eigenvalue weighted by Crippen LogP contribution is -2.54. The Morgan fingerprint density at radius 1 is 1.35 bits per heavy atom. The van der Waals surface area contributed by atoms with Crippen LogP contribution in [0.3, 0.4) is 0 Å². The van der Waals surface area contributed by atoms with Crippen molar-refractivity contribution >= 4 is 5.91 Å². The van der Waals surface area contributed by atoms with E-state index in [0.717, 1.165) is 32.5 Å². The monoisotopic (exact) mass is 240 g/mol. The van der Waals surface area contributed by atoms with Crippen molar-refractivity contribution in [3.63, 3.8) is 0 Å². The lowest BCUT2D eigenvalue weighted by molar-refractivity contribution is -0.138. The molecule has 4 nitrogen and oxygen atoms in total. The second kappa shape index (κ2) is 5.83. The maximum absolute atomic E-state index is 12.2. The van der Waals surface area contributed by atoms with Gasteiger partial charge in [-0.25, -0.2) is 0 Å². The van der Waals surface area contributed by atoms with Gasteiger partial charge in [0.2, 0.25) is 5.91 Å². The summed E-state index contributed by atoms with van der Waals surface area (Å²) in [6, 6.07) is 0.464. The molecule has 0 aromatic heterocycles. The van der Waals surface area contributed by atoms with Crippen molar-refractivity contribution in [2.45, 2.75) is 38.6 Å². The first kappa shape index (κ1) is 12.8. The van der Waals surface area contributed by atoms with Gasteiger partial charge < -0.3 is 10.0 Å². The molecule has 0 bridgehead atoms. The predicted octanol–water partition coefficient (Wildman–Crippen LogP) is 0.702. The maximum Gasteiger partial charge on any atom is 0.236 e. The zero-order valence-corrected chi connectivity index (χ0v) is 10.8. The highest BCUT2D eigenvalue weighted by atomic mass is 16.3. The summed E-state index contributed by atoms with van der Waals surface area (Å²) in [5, 5.41) is 8.94. The quantitative estimate of drug-likeness (QED) is 0.787. The van der Waals surface area contributed by atoms with Crippen LogP contribution in [0.15, 0.2) is 0 Å². The van der Waals surface area contributed by atoms with E-state index >= 15 is 0 Å². The molecule has 0 radical (unpaired) electrons. The van der Waals surface area contributed by atoms with Crippen LogP contribution in [-0.2, 0) is 4.79 Å². The van der Waals surface area contributed by atoms with Crippen LogP contribution < -0.4 is 0 Å². The van der Waals surface area contributed by atoms with E-state index in [1.165, 1.54) is 12.8 Å². The second-order valence-corrected chi connectivity index (χ2v) is 5.39. The number of hydrogen-bond acceptors (Lipinski definition) is 3. The van der Waals surface area contributed by atoms with Crippen LogP contribution in [-0.4, -0.2) is 59.6 Å². The molecular weight excluding hydrogens is 216 g/mol. The number of aliphatic hydroxyl groups is 1. The Balaban J connectivity index is 1.78. The van der Waals surface area contributed by atoms with E-state index in [-0.39, 0.29) is 12.5 Å². The first-order valence-electron chi connectivity index (χ1n) is 6.87. The van der Waals surface area contributed by atoms with Crippen LogP contribution >= 0.6 is 0 Å². The van der Waals surface area contributed by atoms with Gasteiger partial charge in [0.15, 0.2) is 0 Å². The second-order valence-electron chi connectivity index (χ2n) is 5.39. The standard InChI is InChI=1S/C13H24N2O2/c1-2-12-5-3-4-6-15(12)13(17)9-14-7-11(8-14)10-16/h11-12,16H,2-10H2,1H3. The molecule has 17 heavy (non-hydrogen) atoms. The smallest absolute Gasteiger partial charge is 0.236 e. The summed E-state index contributed by atoms with van der Waals surface area (Å²) in [5.41, 5.74) is 0. The molecule has 0 aliphatic carbocycles. The topological polar surface area (TPSA) is 43.8 Å². The first-order valence-corrected chi connectivity index (χ1v) is 6.87. The molecule has 0 saturated carbocycles. The Hall–Kier alpha value is -0.610. The fourth-order valence-electron chi connectivity index (χ4n) is 2.96. The normalized spacial score (nSPS) is 26.9. The third-order valence-electron chi connectivity index (χ3n) is 4.07. The SMILES string of the molecule is CCC1CCCCN1C(=O)CN1CC(CO)C1. The van der Waals surface area contributed by atoms with Crippen LogP contribution in [0.4, 0.5) is 0 Å². The van der Waals surface area contributed by atoms with Crippen molar-refractivity contribution in [2.24, 2.45) is 5.92 Å². The van der Waals surface area contributed by atoms with E-state index in [4.69, 9.17) is 5.11 Å². The van der Waals surface area contributed by atoms with E-state index < -0.39 is 0 Å². The van der Waals surface area contributed by atoms with Crippen molar-refractivity contribution in [2.75, 3.05) is 32.8 Å². The van der Waals surface area contributed by atoms with Gasteiger partial charge >= 0.3 is 0 Å². The van der Waals surface area contributed by atoms with Gasteiger partial charge in [0.25, 0.3) is 0 Å². The summed E-state index contributed by atoms with van der Waals surface area (Å²) in [6.45, 7) is 5.68. The van der Waals surface area contributed by atoms with E-state index in [1.807, 2.05) is 0 Å². The average molecular weight is 240 g/mol. The van der Waals surface area contributed by atoms with Crippen LogP contribution in [0.1, 0.15) is 32.6 Å². The van der Waals surface area contributed by atoms with Crippen molar-refractivity contribution in [1.29, 1.82) is 0 Å². The molecule has 2 aliphatic rings. The molecule has 2 rings (SSSR count). The van der Waals surface area contributed by atoms with Gasteiger partial charge in [-0.1, -0.05) is 6.92 Å². The summed E-state index contributed by atoms with van der Waals surface area (Å²) < 4.78 is 0. The summed E-state index contributed by atoms with van der Waals surface area (Å²) in [4.78, 5) is 16.4. The van der Waals surface area contributed by atoms with Gasteiger partial charge in [-0.05, 0) is 25.7 Å². The maximum atomic E-state index is 12.2. The largest absolute Gasteiger partial charge is 0.396 e. The summed E-state index contributed by atoms with van der Waals surface area (Å²) in [6.07, 6.45) is 4.66. The van der Waals surface area contributed by atoms with Crippen molar-refractivity contribution in [1.82, 2.24) is 9.80 Å². The molecule has 2 saturated heterocycles. The molecule has 0 aromatic carbocycles. The minimum atomic E-state index is 0.256. The molecule has 4 heteroatoms. The van der Waals surface area contributed by atoms with Crippen LogP contribution in [0, 0.1) is 5.92 Å². The number of hydrogen-bond donors (Lipinski definition) is 1. The van der Waals surface area contributed by atoms with Crippen molar-refractivity contribution in [3.05, 3.63) is 0 Å². The molecule has 1 atom stereocenters. The number of amides is 1. The lowest BCUT2D eigenvalue weighted by atomic mass is 9.99. The van der Waals surface area contributed by atoms with Crippen LogP contribution in [0.25, 0.3) is 0 Å². The molecule has 2 aliphatic heterocycles. The Labute approximate surface area is 104 Å². The van der Waals surface area contributed by atoms with E-state index in [1.54, 1.807) is 0 Å². The van der Waals surface area contributed by atoms with Gasteiger partial charge in [0.1, 0.15) is 0 Å². The minimum absolute atomic E-state index is 0.256. The fourth-order valence-corrected chi connectivity index (χ4v) is 2.96. The van der Waals surface area contributed by atoms with Gasteiger partial charge in [0.05, 0.1) is 6.54 Å². The van der Waals surface area contributed by atoms with Gasteiger partial charge in [-0.15, -0.1) is 0 Å². The van der Waals surface area contributed by atoms with Crippen molar-refractivity contribution < 1.29 is 9.90 Å². The molecular formula is C13H24N2O2. The summed E-state index contributed by atoms with van der Waals surface area (Å²) >= 11 is 0. The van der Waals surface area contributed by atoms with E-state index in [0.29, 0.717) is 18.5 Å². The number of piperidine rings is 1. The molecule has 0 spiro atoms. The molecule has 98 valence electrons. The Bertz CT molecular complexity index is 264. The molecule has 2 heterocycles. The molecule has 1 unspecified atom stereocenters. The third kappa shape index (κ3) is 2.99. The molecule has 2 fully saturated rings. The highest BCUT2D eigenvalue weighted by molar-refractivity contribution is 5.78. The highest BCUT2D eigenvalue weighted by Gasteiger charge is 2.31. The highest BCUT2D eigenvalue weighted by Crippen LogP contribution is 2.21. The number of carbonyl (C=O) groups excluding carboxylic acids is 1. The zero-order valence-electron chi connectivity index (χ0n) is 10.8. The fraction of sp³-hybridized carbons (Fsp3) is 0.923. The Morgan fingerprint density at radius 2 is 2.12 bits per heavy atom. The number of carbonyl (C=O) groups is 1. The Kier molecular flexibility index (Phi) is 4.40. The van der Waals surface area contributed by atoms with Gasteiger partial charge in [-0.3, -0.25) is 9.69 Å². The number of aliphatic hydroxyl groups excluding tert-OH is 1. The zero-order chi connectivity index (χ0) is 12.3.